The lowest BCUT2D eigenvalue weighted by Crippen LogP contribution is -2.67. The fourth-order valence-corrected chi connectivity index (χ4v) is 13.9. The van der Waals surface area contributed by atoms with E-state index >= 15 is 0 Å². The maximum absolute atomic E-state index is 11.3. The summed E-state index contributed by atoms with van der Waals surface area (Å²) in [5, 5.41) is 19.8. The van der Waals surface area contributed by atoms with Crippen LogP contribution in [0.3, 0.4) is 0 Å². The number of carbonyl (C=O) groups is 1. The molecule has 17 atom stereocenters. The molecule has 2 heterocycles. The monoisotopic (exact) mass is 644 g/mol. The Bertz CT molecular complexity index is 1110. The second-order valence-corrected chi connectivity index (χ2v) is 18.3. The first-order valence-corrected chi connectivity index (χ1v) is 19.4. The fourth-order valence-electron chi connectivity index (χ4n) is 13.9. The first-order chi connectivity index (χ1) is 21.9. The van der Waals surface area contributed by atoms with Crippen LogP contribution in [0.1, 0.15) is 138 Å². The van der Waals surface area contributed by atoms with Crippen molar-refractivity contribution < 1.29 is 34.3 Å². The summed E-state index contributed by atoms with van der Waals surface area (Å²) in [5.41, 5.74) is -0.0609. The van der Waals surface area contributed by atoms with Gasteiger partial charge >= 0.3 is 5.97 Å². The lowest BCUT2D eigenvalue weighted by molar-refractivity contribution is -0.462. The Morgan fingerprint density at radius 2 is 1.57 bits per heavy atom. The minimum absolute atomic E-state index is 0.0653. The summed E-state index contributed by atoms with van der Waals surface area (Å²) in [5.74, 6) is 4.58. The van der Waals surface area contributed by atoms with Crippen LogP contribution in [-0.4, -0.2) is 46.7 Å². The molecular formula is C39H64O7. The molecule has 0 aromatic heterocycles. The Labute approximate surface area is 278 Å². The molecular weight excluding hydrogens is 580 g/mol. The van der Waals surface area contributed by atoms with Crippen LogP contribution >= 0.6 is 0 Å². The third-order valence-corrected chi connectivity index (χ3v) is 16.4. The highest BCUT2D eigenvalue weighted by Gasteiger charge is 2.66. The molecule has 7 fully saturated rings. The Kier molecular flexibility index (Phi) is 9.21. The molecule has 0 radical (unpaired) electrons. The quantitative estimate of drug-likeness (QED) is 0.162. The predicted octanol–water partition coefficient (Wildman–Crippen LogP) is 8.94. The molecule has 0 aromatic rings. The van der Waals surface area contributed by atoms with Crippen LogP contribution in [0.15, 0.2) is 0 Å². The molecule has 2 aliphatic heterocycles. The second-order valence-electron chi connectivity index (χ2n) is 18.3. The minimum atomic E-state index is -0.812. The molecule has 0 bridgehead atoms. The van der Waals surface area contributed by atoms with Crippen LogP contribution in [-0.2, 0) is 23.9 Å². The number of hydrogen-bond acceptors (Lipinski definition) is 6. The summed E-state index contributed by atoms with van der Waals surface area (Å²) >= 11 is 0. The van der Waals surface area contributed by atoms with E-state index in [-0.39, 0.29) is 36.3 Å². The number of ether oxygens (including phenoxy) is 3. The zero-order chi connectivity index (χ0) is 32.6. The maximum atomic E-state index is 11.3. The molecule has 1 unspecified atom stereocenters. The van der Waals surface area contributed by atoms with Crippen LogP contribution in [0.4, 0.5) is 0 Å². The maximum Gasteiger partial charge on any atom is 0.303 e. The third kappa shape index (κ3) is 5.26. The molecule has 7 rings (SSSR count). The Hall–Kier alpha value is -0.730. The molecule has 2 N–H and O–H groups in total. The number of rotatable bonds is 7. The lowest BCUT2D eigenvalue weighted by Gasteiger charge is -2.62. The molecule has 7 nitrogen and oxygen atoms in total. The van der Waals surface area contributed by atoms with Crippen molar-refractivity contribution in [2.75, 3.05) is 0 Å². The summed E-state index contributed by atoms with van der Waals surface area (Å²) in [6.07, 6.45) is 15.9. The van der Waals surface area contributed by atoms with Crippen molar-refractivity contribution in [1.29, 1.82) is 0 Å². The van der Waals surface area contributed by atoms with Gasteiger partial charge in [0.05, 0.1) is 12.2 Å². The first-order valence-electron chi connectivity index (χ1n) is 19.4. The van der Waals surface area contributed by atoms with Gasteiger partial charge in [0.25, 0.3) is 0 Å². The van der Waals surface area contributed by atoms with E-state index in [9.17, 15) is 15.2 Å². The molecule has 7 heteroatoms. The van der Waals surface area contributed by atoms with Crippen LogP contribution in [0, 0.1) is 70.0 Å². The van der Waals surface area contributed by atoms with Crippen LogP contribution in [0.25, 0.3) is 0 Å². The highest BCUT2D eigenvalue weighted by atomic mass is 17.1. The normalized spacial score (nSPS) is 54.0. The largest absolute Gasteiger partial charge is 0.481 e. The van der Waals surface area contributed by atoms with Gasteiger partial charge in [-0.05, 0) is 155 Å². The summed E-state index contributed by atoms with van der Waals surface area (Å²) in [4.78, 5) is 16.9. The molecule has 5 saturated carbocycles. The standard InChI is InChI=1S/C39H64O7/c1-22(8-16-34(40)41)29-14-15-32-28-11-10-26-21-27(17-19-37(26,5)33(28)18-20-38(29,32)6)44-35-25(4)31-12-7-23(2)30-13-9-24(3)43-36(45-35)39(30,31)46-42/h22-33,35-36,42H,7-21H2,1-6H3,(H,40,41)/t22-,23-,24+,25-,26-,27-,28+,29-,30+,31+,32+,33+,35+,36?,37+,38-,39-/m1/s1. The van der Waals surface area contributed by atoms with E-state index in [0.29, 0.717) is 40.9 Å². The number of carboxylic acid groups (broad SMARTS) is 1. The van der Waals surface area contributed by atoms with Crippen molar-refractivity contribution in [3.8, 4) is 0 Å². The highest BCUT2D eigenvalue weighted by molar-refractivity contribution is 5.66. The van der Waals surface area contributed by atoms with Gasteiger partial charge in [0.15, 0.2) is 18.2 Å². The molecule has 262 valence electrons. The van der Waals surface area contributed by atoms with Crippen molar-refractivity contribution in [2.45, 2.75) is 168 Å². The van der Waals surface area contributed by atoms with Crippen LogP contribution < -0.4 is 0 Å². The lowest BCUT2D eigenvalue weighted by atomic mass is 9.44. The molecule has 0 aromatic carbocycles. The van der Waals surface area contributed by atoms with Gasteiger partial charge in [-0.2, -0.15) is 0 Å². The second kappa shape index (κ2) is 12.5. The number of carboxylic acids is 1. The van der Waals surface area contributed by atoms with E-state index in [1.165, 1.54) is 44.9 Å². The van der Waals surface area contributed by atoms with E-state index in [4.69, 9.17) is 19.1 Å². The van der Waals surface area contributed by atoms with Crippen LogP contribution in [0.2, 0.25) is 0 Å². The smallest absolute Gasteiger partial charge is 0.303 e. The van der Waals surface area contributed by atoms with E-state index in [1.54, 1.807) is 0 Å². The van der Waals surface area contributed by atoms with E-state index < -0.39 is 17.9 Å². The van der Waals surface area contributed by atoms with Gasteiger partial charge in [0.2, 0.25) is 0 Å². The minimum Gasteiger partial charge on any atom is -0.481 e. The van der Waals surface area contributed by atoms with E-state index in [2.05, 4.69) is 41.5 Å². The van der Waals surface area contributed by atoms with Crippen molar-refractivity contribution in [2.24, 2.45) is 70.0 Å². The number of fused-ring (bicyclic) bond motifs is 5. The first kappa shape index (κ1) is 33.8. The van der Waals surface area contributed by atoms with E-state index in [1.807, 2.05) is 0 Å². The van der Waals surface area contributed by atoms with Gasteiger partial charge in [-0.1, -0.05) is 34.6 Å². The van der Waals surface area contributed by atoms with Crippen LogP contribution in [0.5, 0.6) is 0 Å². The van der Waals surface area contributed by atoms with Gasteiger partial charge in [-0.25, -0.2) is 4.89 Å². The summed E-state index contributed by atoms with van der Waals surface area (Å²) in [7, 11) is 0. The van der Waals surface area contributed by atoms with Crippen molar-refractivity contribution in [3.63, 3.8) is 0 Å². The van der Waals surface area contributed by atoms with E-state index in [0.717, 1.165) is 62.7 Å². The van der Waals surface area contributed by atoms with Gasteiger partial charge < -0.3 is 19.3 Å². The molecule has 2 saturated heterocycles. The molecule has 7 aliphatic rings. The number of aliphatic carboxylic acids is 1. The predicted molar refractivity (Wildman–Crippen MR) is 176 cm³/mol. The summed E-state index contributed by atoms with van der Waals surface area (Å²) in [6.45, 7) is 14.2. The fraction of sp³-hybridized carbons (Fsp3) is 0.974. The zero-order valence-electron chi connectivity index (χ0n) is 29.6. The zero-order valence-corrected chi connectivity index (χ0v) is 29.6. The highest BCUT2D eigenvalue weighted by Crippen LogP contribution is 2.68. The summed E-state index contributed by atoms with van der Waals surface area (Å²) in [6, 6.07) is 0. The Morgan fingerprint density at radius 1 is 0.848 bits per heavy atom. The Balaban J connectivity index is 1.02. The molecule has 5 aliphatic carbocycles. The third-order valence-electron chi connectivity index (χ3n) is 16.4. The van der Waals surface area contributed by atoms with Gasteiger partial charge in [0.1, 0.15) is 0 Å². The number of hydrogen-bond donors (Lipinski definition) is 2. The van der Waals surface area contributed by atoms with Crippen molar-refractivity contribution >= 4 is 5.97 Å². The van der Waals surface area contributed by atoms with Gasteiger partial charge in [-0.3, -0.25) is 10.1 Å². The molecule has 0 spiro atoms. The SMILES string of the molecule is C[C@H]1[C@@H](O[C@@H]2CC[C@@]3(C)[C@H](CC[C@@H]4[C@@H]3CC[C@]3(C)[C@@H]([C@H](C)CCC(=O)O)CC[C@@H]43)C2)OC2O[C@@H](C)CC[C@H]3[C@H](C)CC[C@@H]1[C@@]23OO. The van der Waals surface area contributed by atoms with Crippen molar-refractivity contribution in [1.82, 2.24) is 0 Å². The topological polar surface area (TPSA) is 94.5 Å². The van der Waals surface area contributed by atoms with Crippen molar-refractivity contribution in [3.05, 3.63) is 0 Å². The average molecular weight is 645 g/mol. The van der Waals surface area contributed by atoms with Gasteiger partial charge in [0, 0.05) is 18.3 Å². The molecule has 0 amide bonds. The molecule has 46 heavy (non-hydrogen) atoms. The average Bonchev–Trinajstić information content (AvgIpc) is 3.30. The Morgan fingerprint density at radius 3 is 2.33 bits per heavy atom. The summed E-state index contributed by atoms with van der Waals surface area (Å²) < 4.78 is 20.2. The van der Waals surface area contributed by atoms with Gasteiger partial charge in [-0.15, -0.1) is 0 Å².